The van der Waals surface area contributed by atoms with Gasteiger partial charge in [0.1, 0.15) is 5.76 Å². The number of oxazole rings is 1. The molecule has 1 aliphatic rings. The van der Waals surface area contributed by atoms with Crippen molar-refractivity contribution in [1.29, 1.82) is 0 Å². The summed E-state index contributed by atoms with van der Waals surface area (Å²) in [5.41, 5.74) is 1.02. The molecule has 0 amide bonds. The molecule has 0 bridgehead atoms. The first-order valence-corrected chi connectivity index (χ1v) is 5.63. The molecular formula is C11H18N2O2. The maximum atomic E-state index is 5.58. The summed E-state index contributed by atoms with van der Waals surface area (Å²) >= 11 is 0. The van der Waals surface area contributed by atoms with E-state index >= 15 is 0 Å². The van der Waals surface area contributed by atoms with Crippen LogP contribution >= 0.6 is 0 Å². The molecule has 1 atom stereocenters. The van der Waals surface area contributed by atoms with Crippen molar-refractivity contribution in [2.24, 2.45) is 0 Å². The number of nitrogens with one attached hydrogen (secondary N) is 1. The van der Waals surface area contributed by atoms with Gasteiger partial charge in [-0.1, -0.05) is 6.92 Å². The summed E-state index contributed by atoms with van der Waals surface area (Å²) in [5, 5.41) is 3.25. The minimum absolute atomic E-state index is 0.332. The van der Waals surface area contributed by atoms with Crippen LogP contribution < -0.4 is 5.32 Å². The Labute approximate surface area is 90.0 Å². The van der Waals surface area contributed by atoms with E-state index in [0.717, 1.165) is 44.0 Å². The predicted molar refractivity (Wildman–Crippen MR) is 56.6 cm³/mol. The van der Waals surface area contributed by atoms with Crippen LogP contribution in [0.3, 0.4) is 0 Å². The largest absolute Gasteiger partial charge is 0.448 e. The van der Waals surface area contributed by atoms with Gasteiger partial charge < -0.3 is 14.5 Å². The van der Waals surface area contributed by atoms with Gasteiger partial charge in [-0.25, -0.2) is 4.98 Å². The van der Waals surface area contributed by atoms with Gasteiger partial charge in [-0.15, -0.1) is 0 Å². The van der Waals surface area contributed by atoms with Gasteiger partial charge in [-0.2, -0.15) is 0 Å². The first-order valence-electron chi connectivity index (χ1n) is 5.63. The van der Waals surface area contributed by atoms with E-state index in [2.05, 4.69) is 17.2 Å². The molecule has 1 aromatic rings. The Morgan fingerprint density at radius 3 is 3.27 bits per heavy atom. The van der Waals surface area contributed by atoms with Crippen molar-refractivity contribution in [3.05, 3.63) is 17.8 Å². The van der Waals surface area contributed by atoms with Crippen LogP contribution in [-0.2, 0) is 17.7 Å². The van der Waals surface area contributed by atoms with Crippen LogP contribution in [-0.4, -0.2) is 24.2 Å². The second-order valence-corrected chi connectivity index (χ2v) is 3.84. The van der Waals surface area contributed by atoms with Crippen molar-refractivity contribution in [2.45, 2.75) is 38.8 Å². The lowest BCUT2D eigenvalue weighted by Gasteiger charge is -2.07. The molecule has 0 aliphatic carbocycles. The normalized spacial score (nSPS) is 21.0. The summed E-state index contributed by atoms with van der Waals surface area (Å²) in [6.07, 6.45) is 5.03. The van der Waals surface area contributed by atoms with Crippen molar-refractivity contribution in [3.8, 4) is 0 Å². The second-order valence-electron chi connectivity index (χ2n) is 3.84. The Morgan fingerprint density at radius 1 is 1.60 bits per heavy atom. The smallest absolute Gasteiger partial charge is 0.181 e. The molecule has 4 nitrogen and oxygen atoms in total. The number of hydrogen-bond acceptors (Lipinski definition) is 4. The molecule has 2 rings (SSSR count). The topological polar surface area (TPSA) is 47.3 Å². The summed E-state index contributed by atoms with van der Waals surface area (Å²) in [4.78, 5) is 4.21. The fourth-order valence-corrected chi connectivity index (χ4v) is 1.86. The molecule has 1 N–H and O–H groups in total. The van der Waals surface area contributed by atoms with Crippen LogP contribution in [0.15, 0.2) is 10.8 Å². The van der Waals surface area contributed by atoms with Crippen LogP contribution in [0.25, 0.3) is 0 Å². The lowest BCUT2D eigenvalue weighted by atomic mass is 10.1. The summed E-state index contributed by atoms with van der Waals surface area (Å²) in [5.74, 6) is 0.975. The molecular weight excluding hydrogens is 192 g/mol. The van der Waals surface area contributed by atoms with Crippen LogP contribution in [0.2, 0.25) is 0 Å². The molecule has 0 spiro atoms. The van der Waals surface area contributed by atoms with Crippen molar-refractivity contribution < 1.29 is 9.15 Å². The molecule has 15 heavy (non-hydrogen) atoms. The molecule has 1 fully saturated rings. The monoisotopic (exact) mass is 210 g/mol. The minimum atomic E-state index is 0.332. The third-order valence-electron chi connectivity index (χ3n) is 2.70. The van der Waals surface area contributed by atoms with Gasteiger partial charge in [0.2, 0.25) is 0 Å². The number of hydrogen-bond donors (Lipinski definition) is 1. The quantitative estimate of drug-likeness (QED) is 0.800. The van der Waals surface area contributed by atoms with Gasteiger partial charge >= 0.3 is 0 Å². The van der Waals surface area contributed by atoms with Crippen LogP contribution in [0.4, 0.5) is 0 Å². The maximum absolute atomic E-state index is 5.58. The van der Waals surface area contributed by atoms with Gasteiger partial charge in [-0.3, -0.25) is 0 Å². The number of nitrogens with zero attached hydrogens (tertiary/aromatic N) is 1. The number of ether oxygens (including phenoxy) is 1. The summed E-state index contributed by atoms with van der Waals surface area (Å²) < 4.78 is 11.0. The average molecular weight is 210 g/mol. The van der Waals surface area contributed by atoms with Gasteiger partial charge in [0.05, 0.1) is 11.8 Å². The van der Waals surface area contributed by atoms with E-state index in [1.807, 2.05) is 0 Å². The number of aromatic nitrogens is 1. The molecule has 1 aromatic heterocycles. The molecule has 0 radical (unpaired) electrons. The predicted octanol–water partition coefficient (Wildman–Crippen LogP) is 1.51. The fourth-order valence-electron chi connectivity index (χ4n) is 1.86. The van der Waals surface area contributed by atoms with E-state index in [0.29, 0.717) is 6.10 Å². The van der Waals surface area contributed by atoms with Crippen molar-refractivity contribution in [1.82, 2.24) is 10.3 Å². The second kappa shape index (κ2) is 5.28. The first kappa shape index (κ1) is 10.6. The molecule has 2 heterocycles. The lowest BCUT2D eigenvalue weighted by Crippen LogP contribution is -2.15. The Hall–Kier alpha value is -0.870. The first-order chi connectivity index (χ1) is 7.40. The Morgan fingerprint density at radius 2 is 2.53 bits per heavy atom. The molecule has 0 aromatic carbocycles. The van der Waals surface area contributed by atoms with E-state index in [9.17, 15) is 0 Å². The standard InChI is InChI=1S/C11H18N2O2/c1-2-12-7-10-11(15-8-13-10)6-9-4-3-5-14-9/h8-9,12H,2-7H2,1H3. The molecule has 1 aliphatic heterocycles. The molecule has 1 unspecified atom stereocenters. The fraction of sp³-hybridized carbons (Fsp3) is 0.727. The van der Waals surface area contributed by atoms with E-state index in [4.69, 9.17) is 9.15 Å². The third kappa shape index (κ3) is 2.79. The highest BCUT2D eigenvalue weighted by Crippen LogP contribution is 2.18. The van der Waals surface area contributed by atoms with E-state index in [-0.39, 0.29) is 0 Å². The van der Waals surface area contributed by atoms with Crippen LogP contribution in [0.5, 0.6) is 0 Å². The van der Waals surface area contributed by atoms with E-state index < -0.39 is 0 Å². The highest BCUT2D eigenvalue weighted by molar-refractivity contribution is 5.08. The molecule has 1 saturated heterocycles. The zero-order valence-corrected chi connectivity index (χ0v) is 9.16. The van der Waals surface area contributed by atoms with Gasteiger partial charge in [0.15, 0.2) is 6.39 Å². The summed E-state index contributed by atoms with van der Waals surface area (Å²) in [6, 6.07) is 0. The summed E-state index contributed by atoms with van der Waals surface area (Å²) in [7, 11) is 0. The lowest BCUT2D eigenvalue weighted by molar-refractivity contribution is 0.106. The Balaban J connectivity index is 1.91. The highest BCUT2D eigenvalue weighted by Gasteiger charge is 2.19. The molecule has 84 valence electrons. The van der Waals surface area contributed by atoms with Crippen LogP contribution in [0.1, 0.15) is 31.2 Å². The maximum Gasteiger partial charge on any atom is 0.181 e. The molecule has 0 saturated carbocycles. The SMILES string of the molecule is CCNCc1ncoc1CC1CCCO1. The Kier molecular flexibility index (Phi) is 3.75. The van der Waals surface area contributed by atoms with Crippen molar-refractivity contribution >= 4 is 0 Å². The average Bonchev–Trinajstić information content (AvgIpc) is 2.87. The van der Waals surface area contributed by atoms with Crippen molar-refractivity contribution in [3.63, 3.8) is 0 Å². The molecule has 4 heteroatoms. The van der Waals surface area contributed by atoms with E-state index in [1.165, 1.54) is 12.8 Å². The zero-order valence-electron chi connectivity index (χ0n) is 9.16. The number of rotatable bonds is 5. The summed E-state index contributed by atoms with van der Waals surface area (Å²) in [6.45, 7) is 4.71. The highest BCUT2D eigenvalue weighted by atomic mass is 16.5. The van der Waals surface area contributed by atoms with E-state index in [1.54, 1.807) is 0 Å². The van der Waals surface area contributed by atoms with Crippen molar-refractivity contribution in [2.75, 3.05) is 13.2 Å². The third-order valence-corrected chi connectivity index (χ3v) is 2.70. The van der Waals surface area contributed by atoms with Crippen LogP contribution in [0, 0.1) is 0 Å². The van der Waals surface area contributed by atoms with Gasteiger partial charge in [0.25, 0.3) is 0 Å². The Bertz CT molecular complexity index is 293. The minimum Gasteiger partial charge on any atom is -0.448 e. The van der Waals surface area contributed by atoms with Gasteiger partial charge in [-0.05, 0) is 19.4 Å². The zero-order chi connectivity index (χ0) is 10.5. The van der Waals surface area contributed by atoms with Gasteiger partial charge in [0, 0.05) is 19.6 Å².